The molecule has 3 aromatic rings. The molecule has 1 aromatic heterocycles. The molecule has 1 heterocycles. The van der Waals surface area contributed by atoms with Gasteiger partial charge in [0.1, 0.15) is 5.82 Å². The lowest BCUT2D eigenvalue weighted by molar-refractivity contribution is 0.371. The van der Waals surface area contributed by atoms with E-state index in [4.69, 9.17) is 14.5 Å². The SMILES string of the molecule is COc1cc(C)ccc1Oc1cc(C(C)(C)C)nc(SCc2ccc(F)cc2)n1. The predicted octanol–water partition coefficient (Wildman–Crippen LogP) is 6.31. The highest BCUT2D eigenvalue weighted by molar-refractivity contribution is 7.98. The number of halogens is 1. The van der Waals surface area contributed by atoms with Crippen LogP contribution in [0.5, 0.6) is 17.4 Å². The smallest absolute Gasteiger partial charge is 0.223 e. The third-order valence-corrected chi connectivity index (χ3v) is 5.18. The summed E-state index contributed by atoms with van der Waals surface area (Å²) in [6.07, 6.45) is 0. The summed E-state index contributed by atoms with van der Waals surface area (Å²) in [4.78, 5) is 9.27. The number of hydrogen-bond donors (Lipinski definition) is 0. The van der Waals surface area contributed by atoms with Gasteiger partial charge in [-0.25, -0.2) is 9.37 Å². The number of benzene rings is 2. The van der Waals surface area contributed by atoms with Crippen molar-refractivity contribution in [1.29, 1.82) is 0 Å². The molecule has 0 unspecified atom stereocenters. The molecule has 3 rings (SSSR count). The number of methoxy groups -OCH3 is 1. The normalized spacial score (nSPS) is 11.4. The second-order valence-electron chi connectivity index (χ2n) is 7.80. The maximum Gasteiger partial charge on any atom is 0.223 e. The third-order valence-electron chi connectivity index (χ3n) is 4.27. The predicted molar refractivity (Wildman–Crippen MR) is 114 cm³/mol. The molecule has 152 valence electrons. The van der Waals surface area contributed by atoms with Crippen LogP contribution in [0.4, 0.5) is 4.39 Å². The van der Waals surface area contributed by atoms with Crippen molar-refractivity contribution in [2.75, 3.05) is 7.11 Å². The first-order valence-electron chi connectivity index (χ1n) is 9.34. The first-order valence-corrected chi connectivity index (χ1v) is 10.3. The summed E-state index contributed by atoms with van der Waals surface area (Å²) in [5, 5.41) is 0.614. The van der Waals surface area contributed by atoms with Crippen LogP contribution in [0.25, 0.3) is 0 Å². The van der Waals surface area contributed by atoms with E-state index in [1.807, 2.05) is 31.2 Å². The van der Waals surface area contributed by atoms with Gasteiger partial charge in [-0.05, 0) is 42.3 Å². The van der Waals surface area contributed by atoms with Crippen LogP contribution >= 0.6 is 11.8 Å². The average molecular weight is 413 g/mol. The van der Waals surface area contributed by atoms with Crippen LogP contribution in [-0.4, -0.2) is 17.1 Å². The first-order chi connectivity index (χ1) is 13.7. The monoisotopic (exact) mass is 412 g/mol. The molecule has 0 saturated carbocycles. The van der Waals surface area contributed by atoms with Crippen LogP contribution in [0.15, 0.2) is 53.7 Å². The molecular formula is C23H25FN2O2S. The molecule has 0 radical (unpaired) electrons. The van der Waals surface area contributed by atoms with Crippen molar-refractivity contribution >= 4 is 11.8 Å². The fourth-order valence-corrected chi connectivity index (χ4v) is 3.41. The molecule has 0 fully saturated rings. The Morgan fingerprint density at radius 2 is 1.69 bits per heavy atom. The second-order valence-corrected chi connectivity index (χ2v) is 8.74. The lowest BCUT2D eigenvalue weighted by Crippen LogP contribution is -2.14. The third kappa shape index (κ3) is 5.70. The Hall–Kier alpha value is -2.60. The van der Waals surface area contributed by atoms with Crippen molar-refractivity contribution in [1.82, 2.24) is 9.97 Å². The minimum Gasteiger partial charge on any atom is -0.493 e. The topological polar surface area (TPSA) is 44.2 Å². The van der Waals surface area contributed by atoms with E-state index in [-0.39, 0.29) is 11.2 Å². The Balaban J connectivity index is 1.88. The Labute approximate surface area is 175 Å². The standard InChI is InChI=1S/C23H25FN2O2S/c1-15-6-11-18(19(12-15)27-5)28-21-13-20(23(2,3)4)25-22(26-21)29-14-16-7-9-17(24)10-8-16/h6-13H,14H2,1-5H3. The summed E-state index contributed by atoms with van der Waals surface area (Å²) < 4.78 is 24.6. The van der Waals surface area contributed by atoms with Crippen molar-refractivity contribution < 1.29 is 13.9 Å². The van der Waals surface area contributed by atoms with E-state index in [2.05, 4.69) is 25.8 Å². The molecule has 29 heavy (non-hydrogen) atoms. The number of ether oxygens (including phenoxy) is 2. The van der Waals surface area contributed by atoms with Gasteiger partial charge in [-0.1, -0.05) is 50.7 Å². The number of aromatic nitrogens is 2. The molecule has 0 N–H and O–H groups in total. The fraction of sp³-hybridized carbons (Fsp3) is 0.304. The molecule has 0 atom stereocenters. The molecule has 0 aliphatic rings. The van der Waals surface area contributed by atoms with Crippen LogP contribution in [0.2, 0.25) is 0 Å². The van der Waals surface area contributed by atoms with Crippen LogP contribution in [-0.2, 0) is 11.2 Å². The van der Waals surface area contributed by atoms with Crippen molar-refractivity contribution in [3.8, 4) is 17.4 Å². The van der Waals surface area contributed by atoms with Gasteiger partial charge >= 0.3 is 0 Å². The van der Waals surface area contributed by atoms with Crippen LogP contribution in [0.3, 0.4) is 0 Å². The maximum absolute atomic E-state index is 13.1. The fourth-order valence-electron chi connectivity index (χ4n) is 2.61. The Morgan fingerprint density at radius 1 is 0.966 bits per heavy atom. The van der Waals surface area contributed by atoms with Crippen LogP contribution < -0.4 is 9.47 Å². The van der Waals surface area contributed by atoms with Crippen molar-refractivity contribution in [3.63, 3.8) is 0 Å². The minimum absolute atomic E-state index is 0.163. The lowest BCUT2D eigenvalue weighted by atomic mass is 9.92. The Morgan fingerprint density at radius 3 is 2.34 bits per heavy atom. The van der Waals surface area contributed by atoms with Gasteiger partial charge in [0.2, 0.25) is 5.88 Å². The highest BCUT2D eigenvalue weighted by Crippen LogP contribution is 2.34. The molecule has 0 aliphatic heterocycles. The number of hydrogen-bond acceptors (Lipinski definition) is 5. The van der Waals surface area contributed by atoms with E-state index in [9.17, 15) is 4.39 Å². The lowest BCUT2D eigenvalue weighted by Gasteiger charge is -2.19. The zero-order chi connectivity index (χ0) is 21.0. The van der Waals surface area contributed by atoms with E-state index in [0.717, 1.165) is 16.8 Å². The van der Waals surface area contributed by atoms with Gasteiger partial charge in [0, 0.05) is 17.2 Å². The van der Waals surface area contributed by atoms with Gasteiger partial charge in [0.25, 0.3) is 0 Å². The molecule has 2 aromatic carbocycles. The molecule has 0 bridgehead atoms. The summed E-state index contributed by atoms with van der Waals surface area (Å²) in [5.74, 6) is 2.12. The van der Waals surface area contributed by atoms with Gasteiger partial charge < -0.3 is 9.47 Å². The molecule has 6 heteroatoms. The molecular weight excluding hydrogens is 387 g/mol. The molecule has 4 nitrogen and oxygen atoms in total. The maximum atomic E-state index is 13.1. The number of thioether (sulfide) groups is 1. The van der Waals surface area contributed by atoms with Gasteiger partial charge in [0.05, 0.1) is 12.8 Å². The van der Waals surface area contributed by atoms with Gasteiger partial charge in [0.15, 0.2) is 16.7 Å². The van der Waals surface area contributed by atoms with E-state index in [1.165, 1.54) is 23.9 Å². The van der Waals surface area contributed by atoms with Gasteiger partial charge in [-0.15, -0.1) is 0 Å². The van der Waals surface area contributed by atoms with Crippen molar-refractivity contribution in [2.45, 2.75) is 44.0 Å². The quantitative estimate of drug-likeness (QED) is 0.350. The molecule has 0 spiro atoms. The molecule has 0 amide bonds. The van der Waals surface area contributed by atoms with E-state index in [0.29, 0.717) is 28.3 Å². The van der Waals surface area contributed by atoms with Crippen molar-refractivity contribution in [3.05, 3.63) is 71.2 Å². The minimum atomic E-state index is -0.243. The Bertz CT molecular complexity index is 985. The summed E-state index contributed by atoms with van der Waals surface area (Å²) >= 11 is 1.49. The van der Waals surface area contributed by atoms with Crippen LogP contribution in [0.1, 0.15) is 37.6 Å². The average Bonchev–Trinajstić information content (AvgIpc) is 2.68. The zero-order valence-electron chi connectivity index (χ0n) is 17.3. The van der Waals surface area contributed by atoms with Gasteiger partial charge in [-0.3, -0.25) is 0 Å². The first kappa shape index (κ1) is 21.1. The zero-order valence-corrected chi connectivity index (χ0v) is 18.1. The van der Waals surface area contributed by atoms with E-state index in [1.54, 1.807) is 19.2 Å². The number of aryl methyl sites for hydroxylation is 1. The Kier molecular flexibility index (Phi) is 6.42. The van der Waals surface area contributed by atoms with Crippen LogP contribution in [0, 0.1) is 12.7 Å². The number of rotatable bonds is 6. The molecule has 0 aliphatic carbocycles. The van der Waals surface area contributed by atoms with E-state index >= 15 is 0 Å². The summed E-state index contributed by atoms with van der Waals surface area (Å²) in [6.45, 7) is 8.29. The largest absolute Gasteiger partial charge is 0.493 e. The van der Waals surface area contributed by atoms with Gasteiger partial charge in [-0.2, -0.15) is 4.98 Å². The number of nitrogens with zero attached hydrogens (tertiary/aromatic N) is 2. The van der Waals surface area contributed by atoms with E-state index < -0.39 is 0 Å². The summed E-state index contributed by atoms with van der Waals surface area (Å²) in [5.41, 5.74) is 2.81. The highest BCUT2D eigenvalue weighted by atomic mass is 32.2. The second kappa shape index (κ2) is 8.82. The van der Waals surface area contributed by atoms with Crippen molar-refractivity contribution in [2.24, 2.45) is 0 Å². The highest BCUT2D eigenvalue weighted by Gasteiger charge is 2.19. The summed E-state index contributed by atoms with van der Waals surface area (Å²) in [6, 6.07) is 14.1. The summed E-state index contributed by atoms with van der Waals surface area (Å²) in [7, 11) is 1.62. The molecule has 0 saturated heterocycles.